The second kappa shape index (κ2) is 5.24. The molecule has 2 aliphatic rings. The van der Waals surface area contributed by atoms with Crippen LogP contribution in [0.25, 0.3) is 0 Å². The standard InChI is InChI=1S/C12H14N5O5/c13-1-5-2-16(11-7(5)10(14)17(21)4-15-11)12-9(20)8(19)6(3-18)22-12/h2,4,6,8-10,12,18-20H,3,14H2/q+1. The van der Waals surface area contributed by atoms with Gasteiger partial charge in [0, 0.05) is 6.20 Å². The van der Waals surface area contributed by atoms with Gasteiger partial charge in [0.15, 0.2) is 6.23 Å². The topological polar surface area (TPSA) is 157 Å². The summed E-state index contributed by atoms with van der Waals surface area (Å²) in [5.74, 6) is 0.200. The molecule has 3 heterocycles. The molecule has 5 N–H and O–H groups in total. The summed E-state index contributed by atoms with van der Waals surface area (Å²) in [6, 6.07) is 1.91. The number of aliphatic imine (C=N–C) groups is 1. The van der Waals surface area contributed by atoms with Gasteiger partial charge in [0.25, 0.3) is 5.82 Å². The Morgan fingerprint density at radius 2 is 2.23 bits per heavy atom. The van der Waals surface area contributed by atoms with Crippen molar-refractivity contribution in [2.24, 2.45) is 10.7 Å². The molecular formula is C12H14N5O5+. The van der Waals surface area contributed by atoms with Gasteiger partial charge in [-0.2, -0.15) is 5.26 Å². The highest BCUT2D eigenvalue weighted by molar-refractivity contribution is 5.63. The zero-order valence-electron chi connectivity index (χ0n) is 11.3. The first kappa shape index (κ1) is 14.8. The minimum absolute atomic E-state index is 0.123. The third-order valence-electron chi connectivity index (χ3n) is 3.82. The summed E-state index contributed by atoms with van der Waals surface area (Å²) < 4.78 is 7.15. The molecule has 0 aromatic carbocycles. The molecular weight excluding hydrogens is 294 g/mol. The van der Waals surface area contributed by atoms with Crippen molar-refractivity contribution in [1.82, 2.24) is 4.57 Å². The molecule has 1 saturated heterocycles. The Bertz CT molecular complexity index is 693. The van der Waals surface area contributed by atoms with Crippen molar-refractivity contribution in [2.75, 3.05) is 6.61 Å². The van der Waals surface area contributed by atoms with Crippen LogP contribution in [-0.2, 0) is 4.74 Å². The highest BCUT2D eigenvalue weighted by atomic mass is 16.6. The molecule has 2 aliphatic heterocycles. The summed E-state index contributed by atoms with van der Waals surface area (Å²) in [5, 5.41) is 38.2. The zero-order chi connectivity index (χ0) is 16.0. The summed E-state index contributed by atoms with van der Waals surface area (Å²) in [6.07, 6.45) is -3.40. The molecule has 0 saturated carbocycles. The maximum atomic E-state index is 11.5. The highest BCUT2D eigenvalue weighted by Gasteiger charge is 2.46. The number of hydrogen-bond donors (Lipinski definition) is 4. The van der Waals surface area contributed by atoms with Crippen molar-refractivity contribution >= 4 is 12.2 Å². The van der Waals surface area contributed by atoms with E-state index in [2.05, 4.69) is 4.99 Å². The van der Waals surface area contributed by atoms with Crippen LogP contribution in [-0.4, -0.2) is 55.9 Å². The van der Waals surface area contributed by atoms with Crippen molar-refractivity contribution < 1.29 is 24.8 Å². The average Bonchev–Trinajstić information content (AvgIpc) is 3.02. The maximum absolute atomic E-state index is 11.5. The van der Waals surface area contributed by atoms with Crippen LogP contribution >= 0.6 is 0 Å². The number of aliphatic hydroxyl groups is 3. The summed E-state index contributed by atoms with van der Waals surface area (Å²) in [7, 11) is 0. The molecule has 3 rings (SSSR count). The number of aliphatic hydroxyl groups excluding tert-OH is 3. The first-order valence-corrected chi connectivity index (χ1v) is 6.52. The molecule has 0 amide bonds. The van der Waals surface area contributed by atoms with E-state index in [9.17, 15) is 20.4 Å². The van der Waals surface area contributed by atoms with Crippen LogP contribution in [0.3, 0.4) is 0 Å². The van der Waals surface area contributed by atoms with E-state index in [0.29, 0.717) is 4.76 Å². The molecule has 1 fully saturated rings. The Balaban J connectivity index is 2.08. The molecule has 0 radical (unpaired) electrons. The molecule has 22 heavy (non-hydrogen) atoms. The lowest BCUT2D eigenvalue weighted by Crippen LogP contribution is -2.33. The number of nitrogens with zero attached hydrogens (tertiary/aromatic N) is 4. The minimum Gasteiger partial charge on any atom is -0.394 e. The Labute approximate surface area is 124 Å². The lowest BCUT2D eigenvalue weighted by molar-refractivity contribution is -0.474. The largest absolute Gasteiger partial charge is 0.394 e. The number of fused-ring (bicyclic) bond motifs is 1. The highest BCUT2D eigenvalue weighted by Crippen LogP contribution is 2.39. The summed E-state index contributed by atoms with van der Waals surface area (Å²) in [4.78, 5) is 15.5. The summed E-state index contributed by atoms with van der Waals surface area (Å²) in [5.41, 5.74) is 6.10. The third-order valence-corrected chi connectivity index (χ3v) is 3.82. The average molecular weight is 308 g/mol. The van der Waals surface area contributed by atoms with Crippen molar-refractivity contribution in [3.05, 3.63) is 22.2 Å². The first-order chi connectivity index (χ1) is 10.5. The SMILES string of the molecule is N#Cc1cn(C2OC(CO)C(O)C2O)c2c1C(N)[N+](=O)C=N2. The molecule has 0 bridgehead atoms. The lowest BCUT2D eigenvalue weighted by atomic mass is 10.1. The fraction of sp³-hybridized carbons (Fsp3) is 0.500. The quantitative estimate of drug-likeness (QED) is 0.478. The van der Waals surface area contributed by atoms with Gasteiger partial charge < -0.3 is 20.1 Å². The predicted octanol–water partition coefficient (Wildman–Crippen LogP) is -1.62. The first-order valence-electron chi connectivity index (χ1n) is 6.52. The van der Waals surface area contributed by atoms with Gasteiger partial charge in [-0.05, 0) is 9.75 Å². The van der Waals surface area contributed by atoms with Gasteiger partial charge in [-0.1, -0.05) is 4.91 Å². The van der Waals surface area contributed by atoms with Crippen LogP contribution in [0.1, 0.15) is 23.5 Å². The summed E-state index contributed by atoms with van der Waals surface area (Å²) >= 11 is 0. The van der Waals surface area contributed by atoms with Gasteiger partial charge in [-0.3, -0.25) is 10.3 Å². The van der Waals surface area contributed by atoms with E-state index in [1.165, 1.54) is 10.8 Å². The van der Waals surface area contributed by atoms with Gasteiger partial charge >= 0.3 is 6.34 Å². The molecule has 10 heteroatoms. The van der Waals surface area contributed by atoms with Gasteiger partial charge in [-0.25, -0.2) is 0 Å². The maximum Gasteiger partial charge on any atom is 0.329 e. The van der Waals surface area contributed by atoms with Crippen LogP contribution in [0, 0.1) is 16.2 Å². The van der Waals surface area contributed by atoms with Gasteiger partial charge in [0.05, 0.1) is 12.2 Å². The second-order valence-electron chi connectivity index (χ2n) is 5.08. The van der Waals surface area contributed by atoms with E-state index < -0.39 is 37.3 Å². The third kappa shape index (κ3) is 1.96. The minimum atomic E-state index is -1.32. The van der Waals surface area contributed by atoms with Gasteiger partial charge in [0.2, 0.25) is 6.17 Å². The molecule has 0 spiro atoms. The molecule has 116 valence electrons. The van der Waals surface area contributed by atoms with Crippen molar-refractivity contribution in [3.63, 3.8) is 0 Å². The number of nitroso groups, excluding NO2 is 1. The Morgan fingerprint density at radius 3 is 2.82 bits per heavy atom. The number of hydrogen-bond acceptors (Lipinski definition) is 8. The van der Waals surface area contributed by atoms with Crippen LogP contribution in [0.5, 0.6) is 0 Å². The van der Waals surface area contributed by atoms with Crippen molar-refractivity contribution in [2.45, 2.75) is 30.7 Å². The number of rotatable bonds is 2. The number of ether oxygens (including phenoxy) is 1. The molecule has 5 unspecified atom stereocenters. The summed E-state index contributed by atoms with van der Waals surface area (Å²) in [6.45, 7) is -0.472. The van der Waals surface area contributed by atoms with E-state index in [0.717, 1.165) is 6.34 Å². The Morgan fingerprint density at radius 1 is 1.50 bits per heavy atom. The predicted molar refractivity (Wildman–Crippen MR) is 70.9 cm³/mol. The zero-order valence-corrected chi connectivity index (χ0v) is 11.3. The normalized spacial score (nSPS) is 33.8. The fourth-order valence-corrected chi connectivity index (χ4v) is 2.66. The van der Waals surface area contributed by atoms with E-state index >= 15 is 0 Å². The smallest absolute Gasteiger partial charge is 0.329 e. The lowest BCUT2D eigenvalue weighted by Gasteiger charge is -2.17. The number of nitriles is 1. The van der Waals surface area contributed by atoms with Crippen molar-refractivity contribution in [1.29, 1.82) is 5.26 Å². The number of aromatic nitrogens is 1. The molecule has 1 aromatic heterocycles. The number of nitrogens with two attached hydrogens (primary N) is 1. The van der Waals surface area contributed by atoms with E-state index in [1.807, 2.05) is 6.07 Å². The molecule has 5 atom stereocenters. The molecule has 1 aromatic rings. The van der Waals surface area contributed by atoms with Crippen LogP contribution in [0.4, 0.5) is 5.82 Å². The Kier molecular flexibility index (Phi) is 3.51. The van der Waals surface area contributed by atoms with Gasteiger partial charge in [-0.15, -0.1) is 0 Å². The van der Waals surface area contributed by atoms with E-state index in [4.69, 9.17) is 15.6 Å². The van der Waals surface area contributed by atoms with Crippen LogP contribution in [0.15, 0.2) is 11.2 Å². The van der Waals surface area contributed by atoms with E-state index in [-0.39, 0.29) is 16.9 Å². The van der Waals surface area contributed by atoms with Crippen LogP contribution < -0.4 is 5.73 Å². The van der Waals surface area contributed by atoms with E-state index in [1.54, 1.807) is 0 Å². The van der Waals surface area contributed by atoms with Gasteiger partial charge in [0.1, 0.15) is 29.9 Å². The monoisotopic (exact) mass is 308 g/mol. The molecule has 10 nitrogen and oxygen atoms in total. The van der Waals surface area contributed by atoms with Crippen LogP contribution in [0.2, 0.25) is 0 Å². The Hall–Kier alpha value is -2.16. The second-order valence-corrected chi connectivity index (χ2v) is 5.08. The molecule has 0 aliphatic carbocycles. The van der Waals surface area contributed by atoms with Crippen molar-refractivity contribution in [3.8, 4) is 6.07 Å². The fourth-order valence-electron chi connectivity index (χ4n) is 2.66.